The van der Waals surface area contributed by atoms with Gasteiger partial charge in [-0.05, 0) is 30.7 Å². The lowest BCUT2D eigenvalue weighted by Gasteiger charge is -2.32. The van der Waals surface area contributed by atoms with E-state index in [0.29, 0.717) is 25.8 Å². The fourth-order valence-electron chi connectivity index (χ4n) is 4.42. The summed E-state index contributed by atoms with van der Waals surface area (Å²) in [5.74, 6) is -4.25. The molecule has 0 spiro atoms. The summed E-state index contributed by atoms with van der Waals surface area (Å²) in [6.45, 7) is 0.463. The monoisotopic (exact) mass is 403 g/mol. The SMILES string of the molecule is CN1C(=O)[C@@H](NC(=O)c2ncn(Cc3ccccc3)n2)CC[C@H]2CCC(F)(F)[C@H]21. The van der Waals surface area contributed by atoms with E-state index in [1.807, 2.05) is 30.3 Å². The summed E-state index contributed by atoms with van der Waals surface area (Å²) < 4.78 is 30.0. The minimum Gasteiger partial charge on any atom is -0.337 e. The first-order valence-corrected chi connectivity index (χ1v) is 9.74. The summed E-state index contributed by atoms with van der Waals surface area (Å²) in [7, 11) is 1.40. The van der Waals surface area contributed by atoms with Gasteiger partial charge >= 0.3 is 0 Å². The molecule has 0 radical (unpaired) electrons. The van der Waals surface area contributed by atoms with Crippen molar-refractivity contribution in [2.45, 2.75) is 50.2 Å². The second-order valence-electron chi connectivity index (χ2n) is 7.81. The number of hydrogen-bond donors (Lipinski definition) is 1. The van der Waals surface area contributed by atoms with Gasteiger partial charge in [-0.25, -0.2) is 18.4 Å². The molecule has 0 bridgehead atoms. The van der Waals surface area contributed by atoms with Crippen LogP contribution in [0.2, 0.25) is 0 Å². The van der Waals surface area contributed by atoms with Crippen molar-refractivity contribution in [1.82, 2.24) is 25.0 Å². The molecule has 154 valence electrons. The number of rotatable bonds is 4. The van der Waals surface area contributed by atoms with E-state index >= 15 is 0 Å². The van der Waals surface area contributed by atoms with E-state index in [1.54, 1.807) is 0 Å². The molecular formula is C20H23F2N5O2. The molecule has 2 heterocycles. The van der Waals surface area contributed by atoms with Gasteiger partial charge in [0.25, 0.3) is 11.8 Å². The number of carbonyl (C=O) groups is 2. The molecular weight excluding hydrogens is 380 g/mol. The van der Waals surface area contributed by atoms with Crippen LogP contribution in [0.5, 0.6) is 0 Å². The Morgan fingerprint density at radius 1 is 1.24 bits per heavy atom. The standard InChI is InChI=1S/C20H23F2N5O2/c1-26-16-14(9-10-20(16,21)22)7-8-15(19(26)29)24-18(28)17-23-12-27(25-17)11-13-5-3-2-4-6-13/h2-6,12,14-16H,7-11H2,1H3,(H,24,28)/t14-,15-,16-/m0/s1. The molecule has 1 aliphatic carbocycles. The van der Waals surface area contributed by atoms with Crippen LogP contribution in [0.25, 0.3) is 0 Å². The molecule has 1 aromatic heterocycles. The Bertz CT molecular complexity index is 901. The van der Waals surface area contributed by atoms with Crippen LogP contribution < -0.4 is 5.32 Å². The van der Waals surface area contributed by atoms with Gasteiger partial charge in [0, 0.05) is 13.5 Å². The first-order chi connectivity index (χ1) is 13.8. The molecule has 2 aromatic rings. The van der Waals surface area contributed by atoms with E-state index in [-0.39, 0.29) is 18.2 Å². The fraction of sp³-hybridized carbons (Fsp3) is 0.500. The summed E-state index contributed by atoms with van der Waals surface area (Å²) in [6, 6.07) is 7.66. The van der Waals surface area contributed by atoms with Gasteiger partial charge < -0.3 is 10.2 Å². The predicted octanol–water partition coefficient (Wildman–Crippen LogP) is 2.09. The third-order valence-corrected chi connectivity index (χ3v) is 5.85. The smallest absolute Gasteiger partial charge is 0.291 e. The maximum atomic E-state index is 14.2. The van der Waals surface area contributed by atoms with E-state index in [1.165, 1.54) is 18.1 Å². The van der Waals surface area contributed by atoms with Crippen molar-refractivity contribution >= 4 is 11.8 Å². The Morgan fingerprint density at radius 3 is 2.76 bits per heavy atom. The first-order valence-electron chi connectivity index (χ1n) is 9.74. The van der Waals surface area contributed by atoms with Crippen molar-refractivity contribution in [1.29, 1.82) is 0 Å². The molecule has 0 unspecified atom stereocenters. The highest BCUT2D eigenvalue weighted by Crippen LogP contribution is 2.45. The van der Waals surface area contributed by atoms with Crippen molar-refractivity contribution < 1.29 is 18.4 Å². The highest BCUT2D eigenvalue weighted by molar-refractivity contribution is 5.94. The number of nitrogens with zero attached hydrogens (tertiary/aromatic N) is 4. The van der Waals surface area contributed by atoms with Crippen molar-refractivity contribution in [3.63, 3.8) is 0 Å². The second-order valence-corrected chi connectivity index (χ2v) is 7.81. The van der Waals surface area contributed by atoms with Gasteiger partial charge in [0.2, 0.25) is 11.7 Å². The lowest BCUT2D eigenvalue weighted by Crippen LogP contribution is -2.52. The highest BCUT2D eigenvalue weighted by atomic mass is 19.3. The normalized spacial score (nSPS) is 26.1. The van der Waals surface area contributed by atoms with Gasteiger partial charge in [0.15, 0.2) is 0 Å². The van der Waals surface area contributed by atoms with Crippen LogP contribution >= 0.6 is 0 Å². The van der Waals surface area contributed by atoms with Crippen molar-refractivity contribution in [2.24, 2.45) is 5.92 Å². The molecule has 1 N–H and O–H groups in total. The number of fused-ring (bicyclic) bond motifs is 1. The summed E-state index contributed by atoms with van der Waals surface area (Å²) in [6.07, 6.45) is 2.45. The van der Waals surface area contributed by atoms with Gasteiger partial charge in [0.05, 0.1) is 12.6 Å². The Labute approximate surface area is 167 Å². The molecule has 9 heteroatoms. The summed E-state index contributed by atoms with van der Waals surface area (Å²) >= 11 is 0. The molecule has 1 saturated carbocycles. The number of carbonyl (C=O) groups excluding carboxylic acids is 2. The molecule has 2 amide bonds. The lowest BCUT2D eigenvalue weighted by atomic mass is 9.96. The summed E-state index contributed by atoms with van der Waals surface area (Å²) in [5.41, 5.74) is 1.01. The van der Waals surface area contributed by atoms with Crippen LogP contribution in [0.4, 0.5) is 8.78 Å². The van der Waals surface area contributed by atoms with Crippen molar-refractivity contribution in [3.8, 4) is 0 Å². The number of likely N-dealkylation sites (N-methyl/N-ethyl adjacent to an activating group) is 1. The Kier molecular flexibility index (Phi) is 5.06. The molecule has 1 aliphatic heterocycles. The number of benzene rings is 1. The van der Waals surface area contributed by atoms with E-state index in [9.17, 15) is 18.4 Å². The van der Waals surface area contributed by atoms with Gasteiger partial charge in [-0.1, -0.05) is 30.3 Å². The molecule has 29 heavy (non-hydrogen) atoms. The van der Waals surface area contributed by atoms with Crippen LogP contribution in [0.3, 0.4) is 0 Å². The third-order valence-electron chi connectivity index (χ3n) is 5.85. The Hall–Kier alpha value is -2.84. The minimum atomic E-state index is -2.88. The molecule has 2 fully saturated rings. The van der Waals surface area contributed by atoms with E-state index in [2.05, 4.69) is 15.4 Å². The number of likely N-dealkylation sites (tertiary alicyclic amines) is 1. The maximum absolute atomic E-state index is 14.2. The number of aromatic nitrogens is 3. The summed E-state index contributed by atoms with van der Waals surface area (Å²) in [5, 5.41) is 6.80. The predicted molar refractivity (Wildman–Crippen MR) is 100 cm³/mol. The van der Waals surface area contributed by atoms with E-state index in [0.717, 1.165) is 10.5 Å². The van der Waals surface area contributed by atoms with Crippen molar-refractivity contribution in [2.75, 3.05) is 7.05 Å². The molecule has 7 nitrogen and oxygen atoms in total. The maximum Gasteiger partial charge on any atom is 0.291 e. The lowest BCUT2D eigenvalue weighted by molar-refractivity contribution is -0.142. The number of hydrogen-bond acceptors (Lipinski definition) is 4. The zero-order chi connectivity index (χ0) is 20.6. The summed E-state index contributed by atoms with van der Waals surface area (Å²) in [4.78, 5) is 30.4. The largest absolute Gasteiger partial charge is 0.337 e. The molecule has 4 rings (SSSR count). The average molecular weight is 403 g/mol. The van der Waals surface area contributed by atoms with Crippen LogP contribution in [-0.2, 0) is 11.3 Å². The second kappa shape index (κ2) is 7.53. The van der Waals surface area contributed by atoms with Crippen LogP contribution in [0, 0.1) is 5.92 Å². The topological polar surface area (TPSA) is 80.1 Å². The van der Waals surface area contributed by atoms with Gasteiger partial charge in [-0.2, -0.15) is 0 Å². The number of nitrogens with one attached hydrogen (secondary N) is 1. The molecule has 1 saturated heterocycles. The zero-order valence-electron chi connectivity index (χ0n) is 16.1. The number of halogens is 2. The van der Waals surface area contributed by atoms with Crippen LogP contribution in [0.15, 0.2) is 36.7 Å². The Morgan fingerprint density at radius 2 is 2.00 bits per heavy atom. The minimum absolute atomic E-state index is 0.0499. The van der Waals surface area contributed by atoms with E-state index < -0.39 is 29.8 Å². The van der Waals surface area contributed by atoms with Gasteiger partial charge in [-0.3, -0.25) is 9.59 Å². The highest BCUT2D eigenvalue weighted by Gasteiger charge is 2.54. The molecule has 1 aromatic carbocycles. The van der Waals surface area contributed by atoms with Gasteiger partial charge in [0.1, 0.15) is 12.4 Å². The molecule has 3 atom stereocenters. The van der Waals surface area contributed by atoms with Crippen molar-refractivity contribution in [3.05, 3.63) is 48.0 Å². The van der Waals surface area contributed by atoms with Gasteiger partial charge in [-0.15, -0.1) is 5.10 Å². The Balaban J connectivity index is 1.43. The quantitative estimate of drug-likeness (QED) is 0.848. The number of amides is 2. The van der Waals surface area contributed by atoms with Crippen LogP contribution in [-0.4, -0.2) is 56.5 Å². The third kappa shape index (κ3) is 3.86. The number of alkyl halides is 2. The molecule has 2 aliphatic rings. The van der Waals surface area contributed by atoms with E-state index in [4.69, 9.17) is 0 Å². The fourth-order valence-corrected chi connectivity index (χ4v) is 4.42. The average Bonchev–Trinajstić information content (AvgIpc) is 3.25. The first kappa shape index (κ1) is 19.5. The zero-order valence-corrected chi connectivity index (χ0v) is 16.1. The van der Waals surface area contributed by atoms with Crippen LogP contribution in [0.1, 0.15) is 41.9 Å².